The van der Waals surface area contributed by atoms with Crippen molar-refractivity contribution in [2.24, 2.45) is 0 Å². The van der Waals surface area contributed by atoms with E-state index < -0.39 is 0 Å². The topological polar surface area (TPSA) is 30.9 Å². The lowest BCUT2D eigenvalue weighted by atomic mass is 10.2. The Morgan fingerprint density at radius 2 is 1.82 bits per heavy atom. The minimum Gasteiger partial charge on any atom is -0.293 e. The first kappa shape index (κ1) is 13.0. The van der Waals surface area contributed by atoms with Crippen LogP contribution in [0.2, 0.25) is 0 Å². The third-order valence-corrected chi connectivity index (χ3v) is 4.23. The first-order valence-electron chi connectivity index (χ1n) is 7.01. The minimum absolute atomic E-state index is 0.704. The smallest absolute Gasteiger partial charge is 0.234 e. The van der Waals surface area contributed by atoms with Crippen LogP contribution in [-0.4, -0.2) is 4.98 Å². The van der Waals surface area contributed by atoms with Crippen LogP contribution in [-0.2, 0) is 0 Å². The van der Waals surface area contributed by atoms with Gasteiger partial charge in [-0.2, -0.15) is 0 Å². The molecule has 0 radical (unpaired) electrons. The fourth-order valence-electron chi connectivity index (χ4n) is 2.26. The second-order valence-corrected chi connectivity index (χ2v) is 5.88. The molecule has 0 saturated heterocycles. The van der Waals surface area contributed by atoms with Crippen LogP contribution in [0.4, 0.5) is 0 Å². The van der Waals surface area contributed by atoms with Crippen LogP contribution in [0.25, 0.3) is 29.1 Å². The predicted molar refractivity (Wildman–Crippen MR) is 89.8 cm³/mol. The molecule has 3 aromatic heterocycles. The molecule has 22 heavy (non-hydrogen) atoms. The molecule has 106 valence electrons. The predicted octanol–water partition coefficient (Wildman–Crippen LogP) is 3.70. The average molecular weight is 303 g/mol. The molecule has 3 nitrogen and oxygen atoms in total. The van der Waals surface area contributed by atoms with Crippen molar-refractivity contribution in [1.29, 1.82) is 0 Å². The van der Waals surface area contributed by atoms with Gasteiger partial charge >= 0.3 is 0 Å². The van der Waals surface area contributed by atoms with Gasteiger partial charge in [0.1, 0.15) is 0 Å². The van der Waals surface area contributed by atoms with Crippen molar-refractivity contribution in [3.05, 3.63) is 76.7 Å². The zero-order valence-electron chi connectivity index (χ0n) is 11.8. The molecule has 3 heterocycles. The van der Waals surface area contributed by atoms with E-state index in [1.165, 1.54) is 4.88 Å². The summed E-state index contributed by atoms with van der Waals surface area (Å²) < 4.78 is 1.93. The Labute approximate surface area is 132 Å². The van der Waals surface area contributed by atoms with Gasteiger partial charge in [0.15, 0.2) is 0 Å². The molecule has 0 fully saturated rings. The molecule has 0 aliphatic rings. The molecular weight excluding hydrogens is 290 g/mol. The molecule has 0 bridgehead atoms. The van der Waals surface area contributed by atoms with E-state index in [1.807, 2.05) is 41.2 Å². The van der Waals surface area contributed by atoms with Gasteiger partial charge in [0.05, 0.1) is 11.0 Å². The Kier molecular flexibility index (Phi) is 3.29. The number of imidazole rings is 1. The number of nitrogens with zero attached hydrogens (tertiary/aromatic N) is 3. The van der Waals surface area contributed by atoms with Crippen LogP contribution in [0, 0.1) is 0 Å². The Hall–Kier alpha value is -2.72. The molecule has 0 saturated carbocycles. The fraction of sp³-hybridized carbons (Fsp3) is 0. The third-order valence-electron chi connectivity index (χ3n) is 3.39. The molecular formula is C18H13N3S. The maximum absolute atomic E-state index is 4.53. The lowest BCUT2D eigenvalue weighted by Crippen LogP contribution is -2.31. The van der Waals surface area contributed by atoms with Crippen molar-refractivity contribution in [3.63, 3.8) is 0 Å². The number of hydrogen-bond acceptors (Lipinski definition) is 2. The van der Waals surface area contributed by atoms with Crippen LogP contribution in [0.15, 0.2) is 66.3 Å². The van der Waals surface area contributed by atoms with E-state index in [2.05, 4.69) is 51.8 Å². The van der Waals surface area contributed by atoms with Crippen molar-refractivity contribution >= 4 is 34.5 Å². The van der Waals surface area contributed by atoms with Gasteiger partial charge in [-0.25, -0.2) is 9.97 Å². The van der Waals surface area contributed by atoms with Gasteiger partial charge in [0.25, 0.3) is 0 Å². The standard InChI is InChI=1S/C18H13N3S/c1-2-6-17-16(5-1)19-18(20-17)21-11-9-14(10-12-21)7-8-15-4-3-13-22-15/h1-13H/b8-7+. The SMILES string of the molecule is C(=C\c1cccs1)/c1cc[n+](-c2nc3ccccc3[n-]2)cc1. The number of hydrogen-bond donors (Lipinski definition) is 0. The van der Waals surface area contributed by atoms with E-state index in [-0.39, 0.29) is 0 Å². The molecule has 4 heteroatoms. The number of rotatable bonds is 3. The Bertz CT molecular complexity index is 886. The normalized spacial score (nSPS) is 11.5. The maximum Gasteiger partial charge on any atom is 0.234 e. The molecule has 0 spiro atoms. The van der Waals surface area contributed by atoms with Gasteiger partial charge in [0, 0.05) is 17.3 Å². The summed E-state index contributed by atoms with van der Waals surface area (Å²) in [5.41, 5.74) is 3.00. The summed E-state index contributed by atoms with van der Waals surface area (Å²) in [5.74, 6) is 0.704. The number of thiophene rings is 1. The first-order chi connectivity index (χ1) is 10.9. The van der Waals surface area contributed by atoms with Crippen molar-refractivity contribution < 1.29 is 4.57 Å². The molecule has 0 amide bonds. The van der Waals surface area contributed by atoms with E-state index in [0.717, 1.165) is 16.6 Å². The highest BCUT2D eigenvalue weighted by Crippen LogP contribution is 2.13. The minimum atomic E-state index is 0.704. The quantitative estimate of drug-likeness (QED) is 0.540. The molecule has 0 unspecified atom stereocenters. The van der Waals surface area contributed by atoms with E-state index in [9.17, 15) is 0 Å². The highest BCUT2D eigenvalue weighted by Gasteiger charge is 2.03. The molecule has 0 aliphatic carbocycles. The zero-order valence-corrected chi connectivity index (χ0v) is 12.6. The molecule has 4 rings (SSSR count). The number of aromatic nitrogens is 3. The van der Waals surface area contributed by atoms with E-state index in [4.69, 9.17) is 0 Å². The maximum atomic E-state index is 4.53. The fourth-order valence-corrected chi connectivity index (χ4v) is 2.87. The van der Waals surface area contributed by atoms with Crippen molar-refractivity contribution in [1.82, 2.24) is 9.97 Å². The van der Waals surface area contributed by atoms with Crippen molar-refractivity contribution in [2.75, 3.05) is 0 Å². The van der Waals surface area contributed by atoms with Crippen LogP contribution in [0.5, 0.6) is 0 Å². The van der Waals surface area contributed by atoms with E-state index >= 15 is 0 Å². The Morgan fingerprint density at radius 1 is 0.955 bits per heavy atom. The van der Waals surface area contributed by atoms with Crippen LogP contribution in [0.3, 0.4) is 0 Å². The van der Waals surface area contributed by atoms with Crippen molar-refractivity contribution in [3.8, 4) is 5.95 Å². The highest BCUT2D eigenvalue weighted by molar-refractivity contribution is 7.10. The number of pyridine rings is 1. The molecule has 0 N–H and O–H groups in total. The summed E-state index contributed by atoms with van der Waals surface area (Å²) in [6.07, 6.45) is 8.21. The monoisotopic (exact) mass is 303 g/mol. The van der Waals surface area contributed by atoms with Gasteiger partial charge in [-0.15, -0.1) is 11.3 Å². The summed E-state index contributed by atoms with van der Waals surface area (Å²) in [6, 6.07) is 16.2. The summed E-state index contributed by atoms with van der Waals surface area (Å²) >= 11 is 1.73. The summed E-state index contributed by atoms with van der Waals surface area (Å²) in [5, 5.41) is 2.08. The molecule has 1 aromatic carbocycles. The van der Waals surface area contributed by atoms with Crippen LogP contribution >= 0.6 is 11.3 Å². The largest absolute Gasteiger partial charge is 0.293 e. The van der Waals surface area contributed by atoms with Gasteiger partial charge < -0.3 is 0 Å². The number of benzene rings is 1. The van der Waals surface area contributed by atoms with E-state index in [0.29, 0.717) is 5.95 Å². The molecule has 0 aliphatic heterocycles. The van der Waals surface area contributed by atoms with Gasteiger partial charge in [0.2, 0.25) is 5.95 Å². The zero-order chi connectivity index (χ0) is 14.8. The van der Waals surface area contributed by atoms with Gasteiger partial charge in [-0.3, -0.25) is 4.57 Å². The number of para-hydroxylation sites is 2. The second-order valence-electron chi connectivity index (χ2n) is 4.90. The first-order valence-corrected chi connectivity index (χ1v) is 7.89. The Morgan fingerprint density at radius 3 is 2.59 bits per heavy atom. The lowest BCUT2D eigenvalue weighted by molar-refractivity contribution is -0.603. The second kappa shape index (κ2) is 5.58. The summed E-state index contributed by atoms with van der Waals surface area (Å²) in [7, 11) is 0. The van der Waals surface area contributed by atoms with Gasteiger partial charge in [-0.05, 0) is 47.4 Å². The van der Waals surface area contributed by atoms with Crippen molar-refractivity contribution in [2.45, 2.75) is 0 Å². The summed E-state index contributed by atoms with van der Waals surface area (Å²) in [6.45, 7) is 0. The van der Waals surface area contributed by atoms with Gasteiger partial charge in [-0.1, -0.05) is 24.3 Å². The Balaban J connectivity index is 1.61. The highest BCUT2D eigenvalue weighted by atomic mass is 32.1. The average Bonchev–Trinajstić information content (AvgIpc) is 3.22. The number of fused-ring (bicyclic) bond motifs is 1. The van der Waals surface area contributed by atoms with Crippen LogP contribution < -0.4 is 9.55 Å². The summed E-state index contributed by atoms with van der Waals surface area (Å²) in [4.78, 5) is 10.3. The molecule has 0 atom stereocenters. The third kappa shape index (κ3) is 2.56. The molecule has 4 aromatic rings. The lowest BCUT2D eigenvalue weighted by Gasteiger charge is -2.01. The van der Waals surface area contributed by atoms with Crippen LogP contribution in [0.1, 0.15) is 10.4 Å². The van der Waals surface area contributed by atoms with E-state index in [1.54, 1.807) is 11.3 Å².